The minimum atomic E-state index is -3.65. The highest BCUT2D eigenvalue weighted by Gasteiger charge is 2.18. The zero-order valence-electron chi connectivity index (χ0n) is 12.6. The van der Waals surface area contributed by atoms with Gasteiger partial charge in [0.25, 0.3) is 0 Å². The van der Waals surface area contributed by atoms with E-state index in [4.69, 9.17) is 0 Å². The van der Waals surface area contributed by atoms with Gasteiger partial charge in [0.1, 0.15) is 11.0 Å². The van der Waals surface area contributed by atoms with Crippen LogP contribution in [0.1, 0.15) is 22.3 Å². The zero-order chi connectivity index (χ0) is 16.2. The fourth-order valence-electron chi connectivity index (χ4n) is 2.12. The second kappa shape index (κ2) is 6.59. The van der Waals surface area contributed by atoms with Crippen LogP contribution in [-0.4, -0.2) is 8.42 Å². The average Bonchev–Trinajstić information content (AvgIpc) is 2.48. The number of nitriles is 1. The molecule has 0 aliphatic carbocycles. The fraction of sp³-hybridized carbons (Fsp3) is 0.167. The van der Waals surface area contributed by atoms with Crippen molar-refractivity contribution >= 4 is 15.9 Å². The number of benzene rings is 2. The molecular formula is C18H17NO2S. The van der Waals surface area contributed by atoms with Crippen molar-refractivity contribution in [1.82, 2.24) is 0 Å². The van der Waals surface area contributed by atoms with Crippen LogP contribution in [0.3, 0.4) is 0 Å². The van der Waals surface area contributed by atoms with E-state index in [0.29, 0.717) is 5.56 Å². The highest BCUT2D eigenvalue weighted by molar-refractivity contribution is 7.95. The topological polar surface area (TPSA) is 57.9 Å². The Morgan fingerprint density at radius 2 is 1.82 bits per heavy atom. The van der Waals surface area contributed by atoms with Crippen molar-refractivity contribution in [2.24, 2.45) is 0 Å². The molecule has 2 aromatic carbocycles. The largest absolute Gasteiger partial charge is 0.223 e. The van der Waals surface area contributed by atoms with E-state index in [2.05, 4.69) is 0 Å². The van der Waals surface area contributed by atoms with Gasteiger partial charge in [-0.15, -0.1) is 0 Å². The highest BCUT2D eigenvalue weighted by Crippen LogP contribution is 2.20. The molecule has 22 heavy (non-hydrogen) atoms. The Morgan fingerprint density at radius 1 is 1.14 bits per heavy atom. The van der Waals surface area contributed by atoms with Crippen molar-refractivity contribution in [3.05, 3.63) is 75.7 Å². The molecule has 2 rings (SSSR count). The van der Waals surface area contributed by atoms with Crippen molar-refractivity contribution in [2.75, 3.05) is 0 Å². The Labute approximate surface area is 131 Å². The Kier molecular flexibility index (Phi) is 4.79. The van der Waals surface area contributed by atoms with Crippen LogP contribution >= 0.6 is 0 Å². The Hall–Kier alpha value is -2.38. The summed E-state index contributed by atoms with van der Waals surface area (Å²) in [6, 6.07) is 16.5. The summed E-state index contributed by atoms with van der Waals surface area (Å²) in [5, 5.41) is 9.26. The van der Waals surface area contributed by atoms with E-state index in [9.17, 15) is 13.7 Å². The predicted molar refractivity (Wildman–Crippen MR) is 88.6 cm³/mol. The number of hydrogen-bond donors (Lipinski definition) is 0. The van der Waals surface area contributed by atoms with Crippen LogP contribution in [0, 0.1) is 25.2 Å². The summed E-state index contributed by atoms with van der Waals surface area (Å²) in [5.74, 6) is -0.169. The van der Waals surface area contributed by atoms with Gasteiger partial charge in [0.15, 0.2) is 9.84 Å². The minimum absolute atomic E-state index is 0.169. The SMILES string of the molecule is Cc1ccc(C)c(/C=C(/C#N)S(=O)(=O)Cc2ccccc2)c1. The third-order valence-corrected chi connectivity index (χ3v) is 4.96. The van der Waals surface area contributed by atoms with E-state index in [-0.39, 0.29) is 10.7 Å². The summed E-state index contributed by atoms with van der Waals surface area (Å²) in [4.78, 5) is -0.204. The van der Waals surface area contributed by atoms with Crippen LogP contribution in [0.25, 0.3) is 6.08 Å². The molecule has 0 unspecified atom stereocenters. The zero-order valence-corrected chi connectivity index (χ0v) is 13.4. The molecule has 0 saturated carbocycles. The molecular weight excluding hydrogens is 294 g/mol. The summed E-state index contributed by atoms with van der Waals surface area (Å²) in [5.41, 5.74) is 3.39. The van der Waals surface area contributed by atoms with Crippen LogP contribution < -0.4 is 0 Å². The van der Waals surface area contributed by atoms with Gasteiger partial charge < -0.3 is 0 Å². The summed E-state index contributed by atoms with van der Waals surface area (Å²) < 4.78 is 24.9. The van der Waals surface area contributed by atoms with Crippen molar-refractivity contribution in [3.63, 3.8) is 0 Å². The van der Waals surface area contributed by atoms with E-state index < -0.39 is 9.84 Å². The first-order chi connectivity index (χ1) is 10.4. The van der Waals surface area contributed by atoms with Gasteiger partial charge >= 0.3 is 0 Å². The first kappa shape index (κ1) is 16.0. The summed E-state index contributed by atoms with van der Waals surface area (Å²) in [7, 11) is -3.65. The van der Waals surface area contributed by atoms with Crippen molar-refractivity contribution in [2.45, 2.75) is 19.6 Å². The van der Waals surface area contributed by atoms with Gasteiger partial charge in [-0.2, -0.15) is 5.26 Å². The molecule has 0 amide bonds. The molecule has 112 valence electrons. The first-order valence-corrected chi connectivity index (χ1v) is 8.53. The lowest BCUT2D eigenvalue weighted by atomic mass is 10.1. The molecule has 0 bridgehead atoms. The van der Waals surface area contributed by atoms with Gasteiger partial charge in [-0.25, -0.2) is 8.42 Å². The molecule has 0 atom stereocenters. The molecule has 0 spiro atoms. The normalized spacial score (nSPS) is 12.0. The number of sulfone groups is 1. The van der Waals surface area contributed by atoms with Gasteiger partial charge in [-0.3, -0.25) is 0 Å². The third-order valence-electron chi connectivity index (χ3n) is 3.37. The summed E-state index contributed by atoms with van der Waals surface area (Å²) >= 11 is 0. The van der Waals surface area contributed by atoms with E-state index in [0.717, 1.165) is 16.7 Å². The number of rotatable bonds is 4. The van der Waals surface area contributed by atoms with E-state index in [1.54, 1.807) is 24.3 Å². The molecule has 2 aromatic rings. The van der Waals surface area contributed by atoms with Gasteiger partial charge in [0.2, 0.25) is 0 Å². The second-order valence-corrected chi connectivity index (χ2v) is 7.18. The smallest absolute Gasteiger partial charge is 0.192 e. The molecule has 0 aliphatic rings. The molecule has 3 nitrogen and oxygen atoms in total. The van der Waals surface area contributed by atoms with Crippen LogP contribution in [0.15, 0.2) is 53.4 Å². The van der Waals surface area contributed by atoms with E-state index >= 15 is 0 Å². The Morgan fingerprint density at radius 3 is 2.45 bits per heavy atom. The van der Waals surface area contributed by atoms with Gasteiger partial charge in [0, 0.05) is 0 Å². The van der Waals surface area contributed by atoms with Crippen LogP contribution in [0.4, 0.5) is 0 Å². The van der Waals surface area contributed by atoms with Crippen molar-refractivity contribution < 1.29 is 8.42 Å². The maximum Gasteiger partial charge on any atom is 0.192 e. The molecule has 0 saturated heterocycles. The highest BCUT2D eigenvalue weighted by atomic mass is 32.2. The number of allylic oxidation sites excluding steroid dienone is 1. The molecule has 0 radical (unpaired) electrons. The molecule has 0 fully saturated rings. The van der Waals surface area contributed by atoms with Crippen molar-refractivity contribution in [1.29, 1.82) is 5.26 Å². The molecule has 0 N–H and O–H groups in total. The average molecular weight is 311 g/mol. The van der Waals surface area contributed by atoms with E-state index in [1.807, 2.05) is 44.2 Å². The van der Waals surface area contributed by atoms with E-state index in [1.165, 1.54) is 6.08 Å². The van der Waals surface area contributed by atoms with Gasteiger partial charge in [-0.05, 0) is 36.6 Å². The molecule has 4 heteroatoms. The lowest BCUT2D eigenvalue weighted by Crippen LogP contribution is -2.06. The first-order valence-electron chi connectivity index (χ1n) is 6.88. The van der Waals surface area contributed by atoms with Gasteiger partial charge in [-0.1, -0.05) is 54.1 Å². The second-order valence-electron chi connectivity index (χ2n) is 5.23. The van der Waals surface area contributed by atoms with Crippen LogP contribution in [0.5, 0.6) is 0 Å². The summed E-state index contributed by atoms with van der Waals surface area (Å²) in [6.45, 7) is 3.82. The van der Waals surface area contributed by atoms with Crippen molar-refractivity contribution in [3.8, 4) is 6.07 Å². The van der Waals surface area contributed by atoms with Gasteiger partial charge in [0.05, 0.1) is 5.75 Å². The maximum absolute atomic E-state index is 12.4. The fourth-order valence-corrected chi connectivity index (χ4v) is 3.35. The molecule has 0 aromatic heterocycles. The van der Waals surface area contributed by atoms with Crippen LogP contribution in [0.2, 0.25) is 0 Å². The lowest BCUT2D eigenvalue weighted by Gasteiger charge is -2.06. The standard InChI is InChI=1S/C18H17NO2S/c1-14-8-9-15(2)17(10-14)11-18(12-19)22(20,21)13-16-6-4-3-5-7-16/h3-11H,13H2,1-2H3/b18-11-. The Balaban J connectivity index is 2.41. The monoisotopic (exact) mass is 311 g/mol. The molecule has 0 aliphatic heterocycles. The quantitative estimate of drug-likeness (QED) is 0.807. The molecule has 0 heterocycles. The maximum atomic E-state index is 12.4. The number of nitrogens with zero attached hydrogens (tertiary/aromatic N) is 1. The predicted octanol–water partition coefficient (Wildman–Crippen LogP) is 3.78. The lowest BCUT2D eigenvalue weighted by molar-refractivity contribution is 0.602. The number of hydrogen-bond acceptors (Lipinski definition) is 3. The third kappa shape index (κ3) is 3.84. The Bertz CT molecular complexity index is 844. The number of aryl methyl sites for hydroxylation is 2. The summed E-state index contributed by atoms with van der Waals surface area (Å²) in [6.07, 6.45) is 1.46. The minimum Gasteiger partial charge on any atom is -0.223 e. The van der Waals surface area contributed by atoms with Crippen LogP contribution in [-0.2, 0) is 15.6 Å².